The highest BCUT2D eigenvalue weighted by molar-refractivity contribution is 5.83. The van der Waals surface area contributed by atoms with Gasteiger partial charge >= 0.3 is 0 Å². The molecule has 0 radical (unpaired) electrons. The average Bonchev–Trinajstić information content (AvgIpc) is 3.02. The van der Waals surface area contributed by atoms with Gasteiger partial charge < -0.3 is 19.6 Å². The highest BCUT2D eigenvalue weighted by Gasteiger charge is 2.36. The van der Waals surface area contributed by atoms with E-state index < -0.39 is 0 Å². The van der Waals surface area contributed by atoms with E-state index in [1.165, 1.54) is 11.8 Å². The van der Waals surface area contributed by atoms with E-state index in [-0.39, 0.29) is 17.2 Å². The van der Waals surface area contributed by atoms with Crippen molar-refractivity contribution in [1.29, 1.82) is 0 Å². The summed E-state index contributed by atoms with van der Waals surface area (Å²) in [5.41, 5.74) is 1.50. The van der Waals surface area contributed by atoms with Gasteiger partial charge in [-0.15, -0.1) is 0 Å². The molecule has 1 N–H and O–H groups in total. The molecule has 6 nitrogen and oxygen atoms in total. The quantitative estimate of drug-likeness (QED) is 0.787. The first-order valence-electron chi connectivity index (χ1n) is 9.21. The lowest BCUT2D eigenvalue weighted by Gasteiger charge is -2.40. The van der Waals surface area contributed by atoms with Gasteiger partial charge in [0.05, 0.1) is 18.8 Å². The molecule has 1 aromatic carbocycles. The largest absolute Gasteiger partial charge is 0.507 e. The molecule has 0 aliphatic carbocycles. The monoisotopic (exact) mass is 360 g/mol. The zero-order valence-corrected chi connectivity index (χ0v) is 15.7. The molecular formula is C20H28N2O4. The van der Waals surface area contributed by atoms with Crippen LogP contribution in [0.3, 0.4) is 0 Å². The number of hydrazine groups is 1. The number of likely N-dealkylation sites (N-methyl/N-ethyl adjacent to an activating group) is 1. The second-order valence-electron chi connectivity index (χ2n) is 7.26. The third-order valence-corrected chi connectivity index (χ3v) is 5.18. The smallest absolute Gasteiger partial charge is 0.157 e. The Morgan fingerprint density at radius 2 is 2.23 bits per heavy atom. The number of carbonyl (C=O) groups is 1. The van der Waals surface area contributed by atoms with Crippen LogP contribution in [0.2, 0.25) is 0 Å². The number of carbonyl (C=O) groups excluding carboxylic acids is 1. The van der Waals surface area contributed by atoms with Gasteiger partial charge in [-0.3, -0.25) is 4.79 Å². The van der Waals surface area contributed by atoms with Gasteiger partial charge in [0.25, 0.3) is 0 Å². The van der Waals surface area contributed by atoms with Crippen molar-refractivity contribution in [1.82, 2.24) is 10.0 Å². The van der Waals surface area contributed by atoms with Crippen LogP contribution in [0.5, 0.6) is 11.5 Å². The number of ether oxygens (including phenoxy) is 2. The Hall–Kier alpha value is -2.05. The van der Waals surface area contributed by atoms with E-state index in [1.54, 1.807) is 12.1 Å². The van der Waals surface area contributed by atoms with Crippen molar-refractivity contribution in [3.63, 3.8) is 0 Å². The third kappa shape index (κ3) is 3.71. The maximum absolute atomic E-state index is 11.2. The Labute approximate surface area is 155 Å². The van der Waals surface area contributed by atoms with Crippen molar-refractivity contribution in [2.45, 2.75) is 26.3 Å². The van der Waals surface area contributed by atoms with Crippen LogP contribution in [0.1, 0.15) is 30.6 Å². The minimum Gasteiger partial charge on any atom is -0.507 e. The lowest BCUT2D eigenvalue weighted by Crippen LogP contribution is -2.44. The molecule has 0 bridgehead atoms. The van der Waals surface area contributed by atoms with Crippen molar-refractivity contribution in [2.24, 2.45) is 11.8 Å². The summed E-state index contributed by atoms with van der Waals surface area (Å²) in [4.78, 5) is 11.2. The predicted molar refractivity (Wildman–Crippen MR) is 99.1 cm³/mol. The maximum atomic E-state index is 11.2. The molecule has 26 heavy (non-hydrogen) atoms. The zero-order chi connectivity index (χ0) is 18.7. The number of benzene rings is 1. The minimum absolute atomic E-state index is 0.0489. The Balaban J connectivity index is 1.74. The molecule has 2 aliphatic heterocycles. The molecule has 1 unspecified atom stereocenters. The Morgan fingerprint density at radius 1 is 1.42 bits per heavy atom. The van der Waals surface area contributed by atoms with Crippen LogP contribution in [-0.2, 0) is 4.74 Å². The zero-order valence-electron chi connectivity index (χ0n) is 15.7. The second-order valence-corrected chi connectivity index (χ2v) is 7.26. The fourth-order valence-corrected chi connectivity index (χ4v) is 3.90. The summed E-state index contributed by atoms with van der Waals surface area (Å²) in [5.74, 6) is 0.938. The molecule has 2 atom stereocenters. The topological polar surface area (TPSA) is 62.2 Å². The SMILES string of the molecule is CC(C)N1C(C2COCC[C@@H]2COc2cccc(O)c2C=O)=CCN1C. The highest BCUT2D eigenvalue weighted by Crippen LogP contribution is 2.35. The van der Waals surface area contributed by atoms with E-state index in [0.29, 0.717) is 37.2 Å². The molecular weight excluding hydrogens is 332 g/mol. The summed E-state index contributed by atoms with van der Waals surface area (Å²) in [6.45, 7) is 7.17. The minimum atomic E-state index is -0.0489. The molecule has 1 fully saturated rings. The van der Waals surface area contributed by atoms with Crippen molar-refractivity contribution in [3.05, 3.63) is 35.5 Å². The van der Waals surface area contributed by atoms with Crippen LogP contribution in [0, 0.1) is 11.8 Å². The van der Waals surface area contributed by atoms with Gasteiger partial charge in [-0.25, -0.2) is 5.01 Å². The number of hydrogen-bond acceptors (Lipinski definition) is 6. The van der Waals surface area contributed by atoms with Gasteiger partial charge in [0.1, 0.15) is 11.5 Å². The maximum Gasteiger partial charge on any atom is 0.157 e. The van der Waals surface area contributed by atoms with Crippen LogP contribution in [0.25, 0.3) is 0 Å². The molecule has 6 heteroatoms. The average molecular weight is 360 g/mol. The van der Waals surface area contributed by atoms with Gasteiger partial charge in [-0.1, -0.05) is 6.07 Å². The standard InChI is InChI=1S/C20H28N2O4/c1-14(2)22-18(7-9-21(22)3)17-13-25-10-8-15(17)12-26-20-6-4-5-19(24)16(20)11-23/h4-7,11,14-15,17,24H,8-10,12-13H2,1-3H3/t15-,17?/m1/s1. The number of aromatic hydroxyl groups is 1. The molecule has 0 aromatic heterocycles. The Kier molecular flexibility index (Phi) is 5.84. The molecule has 0 saturated carbocycles. The lowest BCUT2D eigenvalue weighted by molar-refractivity contribution is -0.0270. The Morgan fingerprint density at radius 3 is 2.96 bits per heavy atom. The first-order chi connectivity index (χ1) is 12.5. The van der Waals surface area contributed by atoms with Crippen LogP contribution in [-0.4, -0.2) is 60.9 Å². The van der Waals surface area contributed by atoms with Crippen LogP contribution in [0.4, 0.5) is 0 Å². The van der Waals surface area contributed by atoms with E-state index in [9.17, 15) is 9.90 Å². The van der Waals surface area contributed by atoms with Crippen LogP contribution < -0.4 is 4.74 Å². The number of nitrogens with zero attached hydrogens (tertiary/aromatic N) is 2. The second kappa shape index (κ2) is 8.10. The van der Waals surface area contributed by atoms with Crippen molar-refractivity contribution in [2.75, 3.05) is 33.4 Å². The Bertz CT molecular complexity index is 674. The third-order valence-electron chi connectivity index (χ3n) is 5.18. The molecule has 1 aromatic rings. The van der Waals surface area contributed by atoms with Gasteiger partial charge in [0, 0.05) is 43.8 Å². The molecule has 142 valence electrons. The normalized spacial score (nSPS) is 24.0. The van der Waals surface area contributed by atoms with E-state index in [4.69, 9.17) is 9.47 Å². The molecule has 2 aliphatic rings. The summed E-state index contributed by atoms with van der Waals surface area (Å²) in [6, 6.07) is 5.28. The van der Waals surface area contributed by atoms with Crippen LogP contribution in [0.15, 0.2) is 30.0 Å². The summed E-state index contributed by atoms with van der Waals surface area (Å²) < 4.78 is 11.7. The van der Waals surface area contributed by atoms with Gasteiger partial charge in [0.2, 0.25) is 0 Å². The highest BCUT2D eigenvalue weighted by atomic mass is 16.5. The van der Waals surface area contributed by atoms with E-state index in [0.717, 1.165) is 19.6 Å². The first kappa shape index (κ1) is 18.7. The molecule has 2 heterocycles. The number of hydrogen-bond donors (Lipinski definition) is 1. The number of phenols is 1. The predicted octanol–water partition coefficient (Wildman–Crippen LogP) is 2.69. The molecule has 1 saturated heterocycles. The number of aldehydes is 1. The number of phenolic OH excluding ortho intramolecular Hbond substituents is 1. The van der Waals surface area contributed by atoms with Gasteiger partial charge in [-0.05, 0) is 38.5 Å². The fourth-order valence-electron chi connectivity index (χ4n) is 3.90. The number of rotatable bonds is 6. The van der Waals surface area contributed by atoms with Crippen molar-refractivity contribution >= 4 is 6.29 Å². The molecule has 0 spiro atoms. The van der Waals surface area contributed by atoms with Gasteiger partial charge in [-0.2, -0.15) is 0 Å². The van der Waals surface area contributed by atoms with E-state index in [2.05, 4.69) is 37.0 Å². The van der Waals surface area contributed by atoms with Crippen LogP contribution >= 0.6 is 0 Å². The van der Waals surface area contributed by atoms with Crippen molar-refractivity contribution < 1.29 is 19.4 Å². The van der Waals surface area contributed by atoms with E-state index in [1.807, 2.05) is 0 Å². The molecule has 3 rings (SSSR count). The molecule has 0 amide bonds. The summed E-state index contributed by atoms with van der Waals surface area (Å²) in [6.07, 6.45) is 3.82. The summed E-state index contributed by atoms with van der Waals surface area (Å²) >= 11 is 0. The lowest BCUT2D eigenvalue weighted by atomic mass is 9.86. The van der Waals surface area contributed by atoms with Gasteiger partial charge in [0.15, 0.2) is 6.29 Å². The first-order valence-corrected chi connectivity index (χ1v) is 9.21. The van der Waals surface area contributed by atoms with E-state index >= 15 is 0 Å². The summed E-state index contributed by atoms with van der Waals surface area (Å²) in [5, 5.41) is 14.4. The summed E-state index contributed by atoms with van der Waals surface area (Å²) in [7, 11) is 2.10. The fraction of sp³-hybridized carbons (Fsp3) is 0.550. The van der Waals surface area contributed by atoms with Crippen molar-refractivity contribution in [3.8, 4) is 11.5 Å².